The summed E-state index contributed by atoms with van der Waals surface area (Å²) in [7, 11) is 0. The molecule has 7 heteroatoms. The van der Waals surface area contributed by atoms with Crippen LogP contribution in [0.4, 0.5) is 0 Å². The van der Waals surface area contributed by atoms with E-state index in [0.29, 0.717) is 17.7 Å². The molecule has 0 unspecified atom stereocenters. The van der Waals surface area contributed by atoms with Gasteiger partial charge in [0, 0.05) is 6.54 Å². The van der Waals surface area contributed by atoms with Gasteiger partial charge in [0.15, 0.2) is 17.1 Å². The third-order valence-corrected chi connectivity index (χ3v) is 4.67. The molecule has 0 aliphatic rings. The first-order valence-electron chi connectivity index (χ1n) is 9.00. The molecule has 4 rings (SSSR count). The van der Waals surface area contributed by atoms with Crippen LogP contribution in [0.25, 0.3) is 11.2 Å². The number of carboxylic acids is 1. The zero-order chi connectivity index (χ0) is 20.4. The fourth-order valence-corrected chi connectivity index (χ4v) is 3.19. The summed E-state index contributed by atoms with van der Waals surface area (Å²) in [6, 6.07) is 17.3. The molecule has 29 heavy (non-hydrogen) atoms. The topological polar surface area (TPSA) is 105 Å². The van der Waals surface area contributed by atoms with Crippen molar-refractivity contribution >= 4 is 22.9 Å². The van der Waals surface area contributed by atoms with Crippen molar-refractivity contribution in [2.75, 3.05) is 0 Å². The molecule has 0 radical (unpaired) electrons. The summed E-state index contributed by atoms with van der Waals surface area (Å²) < 4.78 is 1.77. The number of fused-ring (bicyclic) bond motifs is 1. The van der Waals surface area contributed by atoms with E-state index in [-0.39, 0.29) is 22.6 Å². The molecule has 0 aliphatic heterocycles. The maximum absolute atomic E-state index is 12.9. The number of carboxylic acid groups (broad SMARTS) is 1. The van der Waals surface area contributed by atoms with E-state index in [9.17, 15) is 19.8 Å². The molecule has 0 aliphatic carbocycles. The fourth-order valence-electron chi connectivity index (χ4n) is 3.19. The number of benzene rings is 2. The minimum absolute atomic E-state index is 0.0136. The lowest BCUT2D eigenvalue weighted by Crippen LogP contribution is -2.13. The molecule has 0 saturated heterocycles. The second-order valence-electron chi connectivity index (χ2n) is 6.55. The predicted molar refractivity (Wildman–Crippen MR) is 106 cm³/mol. The molecule has 0 fully saturated rings. The molecule has 0 saturated carbocycles. The third-order valence-electron chi connectivity index (χ3n) is 4.67. The summed E-state index contributed by atoms with van der Waals surface area (Å²) in [4.78, 5) is 33.2. The van der Waals surface area contributed by atoms with E-state index in [1.807, 2.05) is 30.3 Å². The number of aryl methyl sites for hydroxylation is 2. The highest BCUT2D eigenvalue weighted by atomic mass is 16.4. The lowest BCUT2D eigenvalue weighted by molar-refractivity contribution is 0.0686. The number of aromatic hydroxyl groups is 1. The maximum Gasteiger partial charge on any atom is 0.355 e. The molecule has 2 aromatic carbocycles. The summed E-state index contributed by atoms with van der Waals surface area (Å²) in [5.74, 6) is -2.16. The van der Waals surface area contributed by atoms with Gasteiger partial charge in [0.05, 0.1) is 17.5 Å². The highest BCUT2D eigenvalue weighted by molar-refractivity contribution is 6.16. The second kappa shape index (κ2) is 7.55. The molecule has 2 N–H and O–H groups in total. The maximum atomic E-state index is 12.9. The largest absolute Gasteiger partial charge is 0.507 e. The van der Waals surface area contributed by atoms with Crippen LogP contribution in [-0.2, 0) is 13.0 Å². The highest BCUT2D eigenvalue weighted by Crippen LogP contribution is 2.24. The fraction of sp³-hybridized carbons (Fsp3) is 0.0909. The summed E-state index contributed by atoms with van der Waals surface area (Å²) in [6.45, 7) is 0.569. The average Bonchev–Trinajstić information content (AvgIpc) is 3.14. The number of ketones is 1. The second-order valence-corrected chi connectivity index (χ2v) is 6.55. The summed E-state index contributed by atoms with van der Waals surface area (Å²) in [6.07, 6.45) is 2.31. The number of aromatic carboxylic acids is 1. The van der Waals surface area contributed by atoms with Gasteiger partial charge in [-0.25, -0.2) is 14.8 Å². The molecule has 2 aromatic heterocycles. The van der Waals surface area contributed by atoms with Crippen LogP contribution in [-0.4, -0.2) is 36.5 Å². The van der Waals surface area contributed by atoms with Crippen LogP contribution in [0, 0.1) is 0 Å². The van der Waals surface area contributed by atoms with Gasteiger partial charge in [0.25, 0.3) is 0 Å². The number of pyridine rings is 1. The number of carbonyl (C=O) groups is 2. The average molecular weight is 387 g/mol. The van der Waals surface area contributed by atoms with Gasteiger partial charge >= 0.3 is 5.97 Å². The van der Waals surface area contributed by atoms with Crippen LogP contribution in [0.15, 0.2) is 67.0 Å². The number of rotatable bonds is 6. The van der Waals surface area contributed by atoms with Gasteiger partial charge in [0.1, 0.15) is 11.3 Å². The van der Waals surface area contributed by atoms with Crippen LogP contribution in [0.1, 0.15) is 32.0 Å². The number of nitrogens with zero attached hydrogens (tertiary/aromatic N) is 3. The Morgan fingerprint density at radius 2 is 1.69 bits per heavy atom. The van der Waals surface area contributed by atoms with Crippen LogP contribution in [0.2, 0.25) is 0 Å². The molecule has 0 atom stereocenters. The first-order valence-corrected chi connectivity index (χ1v) is 9.00. The van der Waals surface area contributed by atoms with Crippen molar-refractivity contribution in [3.63, 3.8) is 0 Å². The molecular weight excluding hydrogens is 370 g/mol. The summed E-state index contributed by atoms with van der Waals surface area (Å²) in [5, 5.41) is 19.6. The lowest BCUT2D eigenvalue weighted by Gasteiger charge is -2.08. The van der Waals surface area contributed by atoms with E-state index in [1.165, 1.54) is 18.2 Å². The van der Waals surface area contributed by atoms with E-state index in [2.05, 4.69) is 9.97 Å². The monoisotopic (exact) mass is 387 g/mol. The van der Waals surface area contributed by atoms with Gasteiger partial charge in [-0.3, -0.25) is 4.79 Å². The van der Waals surface area contributed by atoms with Crippen molar-refractivity contribution in [3.05, 3.63) is 89.4 Å². The Bertz CT molecular complexity index is 1220. The van der Waals surface area contributed by atoms with Crippen molar-refractivity contribution < 1.29 is 19.8 Å². The number of phenols is 1. The van der Waals surface area contributed by atoms with Gasteiger partial charge in [0.2, 0.25) is 0 Å². The Labute approximate surface area is 165 Å². The number of imidazole rings is 1. The summed E-state index contributed by atoms with van der Waals surface area (Å²) in [5.41, 5.74) is 1.49. The Morgan fingerprint density at radius 1 is 0.966 bits per heavy atom. The number of hydrogen-bond donors (Lipinski definition) is 2. The van der Waals surface area contributed by atoms with Crippen LogP contribution in [0.5, 0.6) is 5.75 Å². The third kappa shape index (κ3) is 3.58. The van der Waals surface area contributed by atoms with Crippen molar-refractivity contribution in [1.82, 2.24) is 14.5 Å². The number of carbonyl (C=O) groups excluding carboxylic acids is 1. The minimum atomic E-state index is -1.32. The Morgan fingerprint density at radius 3 is 2.41 bits per heavy atom. The van der Waals surface area contributed by atoms with Gasteiger partial charge in [-0.15, -0.1) is 0 Å². The number of aromatic nitrogens is 3. The molecule has 0 bridgehead atoms. The van der Waals surface area contributed by atoms with Gasteiger partial charge in [-0.05, 0) is 30.2 Å². The van der Waals surface area contributed by atoms with Gasteiger partial charge < -0.3 is 14.8 Å². The van der Waals surface area contributed by atoms with Gasteiger partial charge in [-0.1, -0.05) is 42.5 Å². The van der Waals surface area contributed by atoms with Crippen LogP contribution >= 0.6 is 0 Å². The predicted octanol–water partition coefficient (Wildman–Crippen LogP) is 3.31. The SMILES string of the molecule is O=C(c1ccccc1O)c1cc2ncn(CCc3ccccc3)c2nc1C(=O)O. The van der Waals surface area contributed by atoms with Crippen molar-refractivity contribution in [3.8, 4) is 5.75 Å². The Kier molecular flexibility index (Phi) is 4.78. The molecular formula is C22H17N3O4. The Hall–Kier alpha value is -4.00. The standard InChI is InChI=1S/C22H17N3O4/c26-18-9-5-4-8-15(18)20(27)16-12-17-21(24-19(16)22(28)29)25(13-23-17)11-10-14-6-2-1-3-7-14/h1-9,12-13,26H,10-11H2,(H,28,29). The van der Waals surface area contributed by atoms with E-state index >= 15 is 0 Å². The van der Waals surface area contributed by atoms with E-state index in [1.54, 1.807) is 23.0 Å². The van der Waals surface area contributed by atoms with Crippen molar-refractivity contribution in [2.45, 2.75) is 13.0 Å². The normalized spacial score (nSPS) is 10.9. The van der Waals surface area contributed by atoms with E-state index in [0.717, 1.165) is 12.0 Å². The van der Waals surface area contributed by atoms with Crippen LogP contribution in [0.3, 0.4) is 0 Å². The minimum Gasteiger partial charge on any atom is -0.507 e. The molecule has 2 heterocycles. The van der Waals surface area contributed by atoms with E-state index < -0.39 is 11.8 Å². The molecule has 4 aromatic rings. The molecule has 7 nitrogen and oxygen atoms in total. The molecule has 0 amide bonds. The lowest BCUT2D eigenvalue weighted by atomic mass is 10.0. The zero-order valence-corrected chi connectivity index (χ0v) is 15.3. The quantitative estimate of drug-likeness (QED) is 0.492. The summed E-state index contributed by atoms with van der Waals surface area (Å²) >= 11 is 0. The van der Waals surface area contributed by atoms with Crippen molar-refractivity contribution in [1.29, 1.82) is 0 Å². The number of hydrogen-bond acceptors (Lipinski definition) is 5. The number of phenolic OH excluding ortho intramolecular Hbond substituents is 1. The van der Waals surface area contributed by atoms with Crippen LogP contribution < -0.4 is 0 Å². The Balaban J connectivity index is 1.74. The first-order chi connectivity index (χ1) is 14.0. The first kappa shape index (κ1) is 18.4. The highest BCUT2D eigenvalue weighted by Gasteiger charge is 2.24. The molecule has 0 spiro atoms. The number of para-hydroxylation sites is 1. The zero-order valence-electron chi connectivity index (χ0n) is 15.3. The smallest absolute Gasteiger partial charge is 0.355 e. The van der Waals surface area contributed by atoms with Gasteiger partial charge in [-0.2, -0.15) is 0 Å². The van der Waals surface area contributed by atoms with Crippen molar-refractivity contribution in [2.24, 2.45) is 0 Å². The molecule has 144 valence electrons. The van der Waals surface area contributed by atoms with E-state index in [4.69, 9.17) is 0 Å².